The van der Waals surface area contributed by atoms with Gasteiger partial charge in [0.2, 0.25) is 0 Å². The van der Waals surface area contributed by atoms with E-state index < -0.39 is 5.60 Å². The second-order valence-corrected chi connectivity index (χ2v) is 5.73. The zero-order chi connectivity index (χ0) is 12.9. The molecule has 0 aromatic heterocycles. The largest absolute Gasteiger partial charge is 0.444 e. The molecule has 17 heavy (non-hydrogen) atoms. The number of hydrogen-bond acceptors (Lipinski definition) is 3. The summed E-state index contributed by atoms with van der Waals surface area (Å²) in [5.74, 6) is 0.566. The summed E-state index contributed by atoms with van der Waals surface area (Å²) in [5.41, 5.74) is -0.407. The molecule has 4 nitrogen and oxygen atoms in total. The molecule has 1 rings (SSSR count). The van der Waals surface area contributed by atoms with E-state index >= 15 is 0 Å². The predicted octanol–water partition coefficient (Wildman–Crippen LogP) is 2.24. The van der Waals surface area contributed by atoms with E-state index in [2.05, 4.69) is 5.32 Å². The van der Waals surface area contributed by atoms with Gasteiger partial charge in [0.15, 0.2) is 0 Å². The van der Waals surface area contributed by atoms with Crippen LogP contribution in [0.2, 0.25) is 0 Å². The molecule has 1 amide bonds. The van der Waals surface area contributed by atoms with Gasteiger partial charge in [-0.15, -0.1) is 0 Å². The van der Waals surface area contributed by atoms with Crippen molar-refractivity contribution in [2.24, 2.45) is 5.92 Å². The lowest BCUT2D eigenvalue weighted by Gasteiger charge is -2.31. The van der Waals surface area contributed by atoms with E-state index in [4.69, 9.17) is 4.74 Å². The minimum absolute atomic E-state index is 0.189. The van der Waals surface area contributed by atoms with E-state index in [1.807, 2.05) is 32.6 Å². The van der Waals surface area contributed by atoms with Gasteiger partial charge in [0.25, 0.3) is 0 Å². The van der Waals surface area contributed by atoms with Crippen molar-refractivity contribution in [3.8, 4) is 0 Å². The van der Waals surface area contributed by atoms with E-state index in [1.165, 1.54) is 12.8 Å². The molecule has 0 bridgehead atoms. The SMILES string of the molecule is CCN(CC1CCCNC1)C(=O)OC(C)(C)C. The molecule has 1 heterocycles. The third-order valence-electron chi connectivity index (χ3n) is 2.91. The quantitative estimate of drug-likeness (QED) is 0.825. The van der Waals surface area contributed by atoms with Gasteiger partial charge in [-0.2, -0.15) is 0 Å². The highest BCUT2D eigenvalue weighted by atomic mass is 16.6. The van der Waals surface area contributed by atoms with Crippen LogP contribution in [0.5, 0.6) is 0 Å². The van der Waals surface area contributed by atoms with Crippen LogP contribution in [0.4, 0.5) is 4.79 Å². The van der Waals surface area contributed by atoms with Crippen molar-refractivity contribution in [3.63, 3.8) is 0 Å². The summed E-state index contributed by atoms with van der Waals surface area (Å²) in [6.07, 6.45) is 2.22. The Morgan fingerprint density at radius 1 is 1.47 bits per heavy atom. The molecule has 1 aliphatic rings. The standard InChI is InChI=1S/C13H26N2O2/c1-5-15(12(16)17-13(2,3)4)10-11-7-6-8-14-9-11/h11,14H,5-10H2,1-4H3. The van der Waals surface area contributed by atoms with Gasteiger partial charge < -0.3 is 15.0 Å². The minimum Gasteiger partial charge on any atom is -0.444 e. The Morgan fingerprint density at radius 2 is 2.18 bits per heavy atom. The first-order chi connectivity index (χ1) is 7.92. The second-order valence-electron chi connectivity index (χ2n) is 5.73. The molecule has 1 aliphatic heterocycles. The van der Waals surface area contributed by atoms with Gasteiger partial charge in [0, 0.05) is 13.1 Å². The van der Waals surface area contributed by atoms with E-state index in [-0.39, 0.29) is 6.09 Å². The number of ether oxygens (including phenoxy) is 1. The Labute approximate surface area is 105 Å². The lowest BCUT2D eigenvalue weighted by Crippen LogP contribution is -2.43. The Morgan fingerprint density at radius 3 is 2.65 bits per heavy atom. The van der Waals surface area contributed by atoms with Crippen LogP contribution in [0.15, 0.2) is 0 Å². The summed E-state index contributed by atoms with van der Waals surface area (Å²) >= 11 is 0. The summed E-state index contributed by atoms with van der Waals surface area (Å²) in [6.45, 7) is 11.3. The van der Waals surface area contributed by atoms with Crippen LogP contribution in [-0.4, -0.2) is 42.8 Å². The number of carbonyl (C=O) groups excluding carboxylic acids is 1. The smallest absolute Gasteiger partial charge is 0.410 e. The van der Waals surface area contributed by atoms with Crippen molar-refractivity contribution < 1.29 is 9.53 Å². The van der Waals surface area contributed by atoms with Gasteiger partial charge >= 0.3 is 6.09 Å². The highest BCUT2D eigenvalue weighted by Crippen LogP contribution is 2.15. The average Bonchev–Trinajstić information content (AvgIpc) is 2.24. The maximum atomic E-state index is 11.9. The fourth-order valence-corrected chi connectivity index (χ4v) is 2.05. The van der Waals surface area contributed by atoms with Crippen LogP contribution in [0.3, 0.4) is 0 Å². The molecular weight excluding hydrogens is 216 g/mol. The van der Waals surface area contributed by atoms with E-state index in [1.54, 1.807) is 0 Å². The van der Waals surface area contributed by atoms with E-state index in [0.29, 0.717) is 12.5 Å². The lowest BCUT2D eigenvalue weighted by molar-refractivity contribution is 0.0224. The van der Waals surface area contributed by atoms with Crippen LogP contribution in [0, 0.1) is 5.92 Å². The number of nitrogens with one attached hydrogen (secondary N) is 1. The van der Waals surface area contributed by atoms with Gasteiger partial charge in [-0.25, -0.2) is 4.79 Å². The van der Waals surface area contributed by atoms with Gasteiger partial charge in [0.05, 0.1) is 0 Å². The Balaban J connectivity index is 2.43. The molecule has 1 saturated heterocycles. The molecular formula is C13H26N2O2. The Bertz CT molecular complexity index is 242. The number of piperidine rings is 1. The lowest BCUT2D eigenvalue weighted by atomic mass is 9.99. The molecule has 100 valence electrons. The molecule has 0 radical (unpaired) electrons. The van der Waals surface area contributed by atoms with Gasteiger partial charge in [-0.3, -0.25) is 0 Å². The first kappa shape index (κ1) is 14.3. The number of hydrogen-bond donors (Lipinski definition) is 1. The van der Waals surface area contributed by atoms with Crippen molar-refractivity contribution in [3.05, 3.63) is 0 Å². The third kappa shape index (κ3) is 5.39. The topological polar surface area (TPSA) is 41.6 Å². The van der Waals surface area contributed by atoms with E-state index in [9.17, 15) is 4.79 Å². The Hall–Kier alpha value is -0.770. The number of amides is 1. The van der Waals surface area contributed by atoms with E-state index in [0.717, 1.165) is 19.6 Å². The normalized spacial score (nSPS) is 21.1. The van der Waals surface area contributed by atoms with Crippen LogP contribution in [0.25, 0.3) is 0 Å². The zero-order valence-corrected chi connectivity index (χ0v) is 11.6. The first-order valence-corrected chi connectivity index (χ1v) is 6.61. The average molecular weight is 242 g/mol. The van der Waals surface area contributed by atoms with Crippen molar-refractivity contribution in [2.45, 2.75) is 46.1 Å². The molecule has 1 N–H and O–H groups in total. The summed E-state index contributed by atoms with van der Waals surface area (Å²) in [6, 6.07) is 0. The summed E-state index contributed by atoms with van der Waals surface area (Å²) in [5, 5.41) is 3.37. The number of carbonyl (C=O) groups is 1. The van der Waals surface area contributed by atoms with Gasteiger partial charge in [-0.1, -0.05) is 0 Å². The van der Waals surface area contributed by atoms with Gasteiger partial charge in [0.1, 0.15) is 5.60 Å². The second kappa shape index (κ2) is 6.24. The molecule has 1 atom stereocenters. The van der Waals surface area contributed by atoms with Crippen molar-refractivity contribution in [1.29, 1.82) is 0 Å². The van der Waals surface area contributed by atoms with Crippen molar-refractivity contribution >= 4 is 6.09 Å². The fraction of sp³-hybridized carbons (Fsp3) is 0.923. The highest BCUT2D eigenvalue weighted by molar-refractivity contribution is 5.68. The maximum absolute atomic E-state index is 11.9. The fourth-order valence-electron chi connectivity index (χ4n) is 2.05. The molecule has 0 saturated carbocycles. The summed E-state index contributed by atoms with van der Waals surface area (Å²) in [7, 11) is 0. The van der Waals surface area contributed by atoms with Crippen LogP contribution in [-0.2, 0) is 4.74 Å². The molecule has 0 aromatic rings. The third-order valence-corrected chi connectivity index (χ3v) is 2.91. The predicted molar refractivity (Wildman–Crippen MR) is 69.1 cm³/mol. The summed E-state index contributed by atoms with van der Waals surface area (Å²) < 4.78 is 5.40. The van der Waals surface area contributed by atoms with Crippen molar-refractivity contribution in [2.75, 3.05) is 26.2 Å². The molecule has 4 heteroatoms. The van der Waals surface area contributed by atoms with Crippen molar-refractivity contribution in [1.82, 2.24) is 10.2 Å². The summed E-state index contributed by atoms with van der Waals surface area (Å²) in [4.78, 5) is 13.8. The highest BCUT2D eigenvalue weighted by Gasteiger charge is 2.24. The van der Waals surface area contributed by atoms with Crippen LogP contribution >= 0.6 is 0 Å². The zero-order valence-electron chi connectivity index (χ0n) is 11.6. The molecule has 1 fully saturated rings. The molecule has 0 aliphatic carbocycles. The monoisotopic (exact) mass is 242 g/mol. The molecule has 0 aromatic carbocycles. The Kier molecular flexibility index (Phi) is 5.25. The van der Waals surface area contributed by atoms with Crippen LogP contribution in [0.1, 0.15) is 40.5 Å². The minimum atomic E-state index is -0.407. The number of rotatable bonds is 3. The molecule has 1 unspecified atom stereocenters. The molecule has 0 spiro atoms. The number of nitrogens with zero attached hydrogens (tertiary/aromatic N) is 1. The van der Waals surface area contributed by atoms with Crippen LogP contribution < -0.4 is 5.32 Å². The first-order valence-electron chi connectivity index (χ1n) is 6.61. The van der Waals surface area contributed by atoms with Gasteiger partial charge in [-0.05, 0) is 59.5 Å². The maximum Gasteiger partial charge on any atom is 0.410 e.